The van der Waals surface area contributed by atoms with Gasteiger partial charge >= 0.3 is 71.5 Å². The van der Waals surface area contributed by atoms with Crippen molar-refractivity contribution in [3.05, 3.63) is 0 Å². The first kappa shape index (κ1) is 11.0. The van der Waals surface area contributed by atoms with Crippen LogP contribution in [0.4, 0.5) is 0 Å². The predicted molar refractivity (Wildman–Crippen MR) is 27.2 cm³/mol. The Bertz CT molecular complexity index is 27.0. The summed E-state index contributed by atoms with van der Waals surface area (Å²) in [5.74, 6) is 0. The van der Waals surface area contributed by atoms with E-state index in [1.807, 2.05) is 0 Å². The van der Waals surface area contributed by atoms with Gasteiger partial charge in [-0.25, -0.2) is 0 Å². The maximum atomic E-state index is 5.03. The van der Waals surface area contributed by atoms with E-state index in [9.17, 15) is 0 Å². The van der Waals surface area contributed by atoms with Gasteiger partial charge < -0.3 is 0 Å². The normalized spacial score (nSPS) is 12.7. The van der Waals surface area contributed by atoms with E-state index in [1.165, 1.54) is 0 Å². The molecule has 0 bridgehead atoms. The van der Waals surface area contributed by atoms with Crippen LogP contribution in [-0.4, -0.2) is 29.6 Å². The van der Waals surface area contributed by atoms with Crippen LogP contribution in [0.2, 0.25) is 0 Å². The first-order valence-electron chi connectivity index (χ1n) is 0.604. The summed E-state index contributed by atoms with van der Waals surface area (Å²) < 4.78 is 9.69. The molecule has 0 aromatic carbocycles. The fourth-order valence-electron chi connectivity index (χ4n) is 0. The molecular weight excluding hydrogens is 317 g/mol. The molecule has 2 nitrogen and oxygen atoms in total. The standard InChI is InChI=1S/2ClH.2H2N.Na.Pt.H/h2*1H;2*1H2;;;/q;;2*-1;;+4;/p-2. The Morgan fingerprint density at radius 2 is 1.17 bits per heavy atom. The Morgan fingerprint density at radius 1 is 1.17 bits per heavy atom. The average molecular weight is 322 g/mol. The van der Waals surface area contributed by atoms with Crippen LogP contribution in [0.5, 0.6) is 0 Å². The van der Waals surface area contributed by atoms with Gasteiger partial charge in [0.25, 0.3) is 0 Å². The summed E-state index contributed by atoms with van der Waals surface area (Å²) >= 11 is -3.00. The van der Waals surface area contributed by atoms with Gasteiger partial charge in [-0.2, -0.15) is 0 Å². The summed E-state index contributed by atoms with van der Waals surface area (Å²) in [5.41, 5.74) is 0. The summed E-state index contributed by atoms with van der Waals surface area (Å²) in [7, 11) is 10.1. The summed E-state index contributed by atoms with van der Waals surface area (Å²) in [6, 6.07) is 0. The number of rotatable bonds is 0. The molecule has 0 amide bonds. The van der Waals surface area contributed by atoms with E-state index in [4.69, 9.17) is 27.4 Å². The molecule has 0 saturated carbocycles. The van der Waals surface area contributed by atoms with Crippen molar-refractivity contribution in [2.45, 2.75) is 0 Å². The molecule has 0 aromatic heterocycles. The van der Waals surface area contributed by atoms with Gasteiger partial charge in [0.15, 0.2) is 0 Å². The molecule has 0 rings (SSSR count). The first-order chi connectivity index (χ1) is 2.00. The van der Waals surface area contributed by atoms with Crippen molar-refractivity contribution >= 4 is 48.4 Å². The van der Waals surface area contributed by atoms with Gasteiger partial charge in [-0.05, 0) is 0 Å². The number of nitrogens with two attached hydrogens (primary N) is 2. The molecule has 0 unspecified atom stereocenters. The van der Waals surface area contributed by atoms with Crippen molar-refractivity contribution in [3.63, 3.8) is 0 Å². The molecule has 40 valence electrons. The van der Waals surface area contributed by atoms with Crippen LogP contribution in [0.3, 0.4) is 0 Å². The summed E-state index contributed by atoms with van der Waals surface area (Å²) in [4.78, 5) is 0. The van der Waals surface area contributed by atoms with Crippen molar-refractivity contribution in [2.75, 3.05) is 0 Å². The molecule has 0 atom stereocenters. The number of hydrogen-bond acceptors (Lipinski definition) is 2. The van der Waals surface area contributed by atoms with E-state index in [1.54, 1.807) is 0 Å². The van der Waals surface area contributed by atoms with E-state index >= 15 is 0 Å². The van der Waals surface area contributed by atoms with Gasteiger partial charge in [-0.3, -0.25) is 0 Å². The van der Waals surface area contributed by atoms with Gasteiger partial charge in [0, 0.05) is 0 Å². The van der Waals surface area contributed by atoms with Crippen LogP contribution < -0.4 is 8.58 Å². The van der Waals surface area contributed by atoms with Crippen molar-refractivity contribution in [3.8, 4) is 0 Å². The molecule has 6 heavy (non-hydrogen) atoms. The summed E-state index contributed by atoms with van der Waals surface area (Å²) in [5, 5.41) is 0. The predicted octanol–water partition coefficient (Wildman–Crippen LogP) is -0.453. The minimum atomic E-state index is -3.00. The Kier molecular flexibility index (Phi) is 7.56. The van der Waals surface area contributed by atoms with Crippen LogP contribution in [0, 0.1) is 0 Å². The molecular formula is H5Cl2N2NaPt. The van der Waals surface area contributed by atoms with Crippen LogP contribution in [0.1, 0.15) is 0 Å². The molecule has 0 aliphatic rings. The van der Waals surface area contributed by atoms with Crippen LogP contribution in [-0.2, 0) is 14.5 Å². The Hall–Kier alpha value is 2.19. The zero-order chi connectivity index (χ0) is 4.50. The summed E-state index contributed by atoms with van der Waals surface area (Å²) in [6.45, 7) is 0. The van der Waals surface area contributed by atoms with Crippen molar-refractivity contribution in [1.82, 2.24) is 0 Å². The molecule has 0 heterocycles. The van der Waals surface area contributed by atoms with Crippen molar-refractivity contribution < 1.29 is 14.5 Å². The second-order valence-corrected chi connectivity index (χ2v) is 11.0. The summed E-state index contributed by atoms with van der Waals surface area (Å²) in [6.07, 6.45) is 0. The van der Waals surface area contributed by atoms with Crippen LogP contribution in [0.15, 0.2) is 0 Å². The van der Waals surface area contributed by atoms with Crippen molar-refractivity contribution in [2.24, 2.45) is 8.58 Å². The Labute approximate surface area is 70.5 Å². The van der Waals surface area contributed by atoms with E-state index < -0.39 is 14.5 Å². The Balaban J connectivity index is 0. The fourth-order valence-corrected chi connectivity index (χ4v) is 0. The molecule has 0 aliphatic heterocycles. The quantitative estimate of drug-likeness (QED) is 0.594. The number of hydrogen-bond donors (Lipinski definition) is 2. The van der Waals surface area contributed by atoms with Crippen LogP contribution >= 0.6 is 18.8 Å². The monoisotopic (exact) mass is 321 g/mol. The third kappa shape index (κ3) is 34.8. The first-order valence-corrected chi connectivity index (χ1v) is 8.86. The van der Waals surface area contributed by atoms with Gasteiger partial charge in [0.05, 0.1) is 0 Å². The van der Waals surface area contributed by atoms with E-state index in [-0.39, 0.29) is 29.6 Å². The topological polar surface area (TPSA) is 52.0 Å². The third-order valence-electron chi connectivity index (χ3n) is 0. The van der Waals surface area contributed by atoms with E-state index in [2.05, 4.69) is 0 Å². The molecule has 0 fully saturated rings. The van der Waals surface area contributed by atoms with Gasteiger partial charge in [-0.15, -0.1) is 0 Å². The maximum absolute atomic E-state index is 5.03. The van der Waals surface area contributed by atoms with Gasteiger partial charge in [0.1, 0.15) is 0 Å². The zero-order valence-corrected chi connectivity index (χ0v) is 6.01. The second-order valence-electron chi connectivity index (χ2n) is 0.427. The molecule has 0 aliphatic carbocycles. The molecule has 0 radical (unpaired) electrons. The zero-order valence-electron chi connectivity index (χ0n) is 2.23. The molecule has 0 spiro atoms. The SMILES string of the molecule is [NH2][Pt]([NH2])([Cl])[Cl].[NaH]. The van der Waals surface area contributed by atoms with Gasteiger partial charge in [0.2, 0.25) is 0 Å². The van der Waals surface area contributed by atoms with E-state index in [0.717, 1.165) is 0 Å². The fraction of sp³-hybridized carbons (Fsp3) is 0. The molecule has 6 heteroatoms. The van der Waals surface area contributed by atoms with E-state index in [0.29, 0.717) is 0 Å². The molecule has 0 saturated heterocycles. The Morgan fingerprint density at radius 3 is 1.17 bits per heavy atom. The second kappa shape index (κ2) is 4.11. The average Bonchev–Trinajstić information content (AvgIpc) is 0.722. The minimum absolute atomic E-state index is 0. The third-order valence-corrected chi connectivity index (χ3v) is 0. The molecule has 0 aromatic rings. The number of halogens is 2. The molecule has 4 N–H and O–H groups in total. The van der Waals surface area contributed by atoms with Crippen LogP contribution in [0.25, 0.3) is 0 Å². The van der Waals surface area contributed by atoms with Crippen molar-refractivity contribution in [1.29, 1.82) is 0 Å². The van der Waals surface area contributed by atoms with Gasteiger partial charge in [-0.1, -0.05) is 0 Å².